The monoisotopic (exact) mass is 405 g/mol. The van der Waals surface area contributed by atoms with Crippen molar-refractivity contribution < 1.29 is 18.7 Å². The summed E-state index contributed by atoms with van der Waals surface area (Å²) in [7, 11) is 0. The summed E-state index contributed by atoms with van der Waals surface area (Å²) >= 11 is 3.43. The van der Waals surface area contributed by atoms with Crippen LogP contribution in [0.4, 0.5) is 4.39 Å². The highest BCUT2D eigenvalue weighted by atomic mass is 79.9. The van der Waals surface area contributed by atoms with Gasteiger partial charge in [-0.15, -0.1) is 0 Å². The lowest BCUT2D eigenvalue weighted by atomic mass is 10.1. The number of esters is 1. The summed E-state index contributed by atoms with van der Waals surface area (Å²) in [6.45, 7) is 1.47. The summed E-state index contributed by atoms with van der Waals surface area (Å²) < 4.78 is 18.6. The molecule has 2 aromatic carbocycles. The van der Waals surface area contributed by atoms with Crippen molar-refractivity contribution >= 4 is 33.9 Å². The van der Waals surface area contributed by atoms with Crippen LogP contribution in [0.2, 0.25) is 0 Å². The first-order chi connectivity index (χ1) is 12.0. The minimum atomic E-state index is -0.645. The number of benzene rings is 2. The Morgan fingerprint density at radius 2 is 1.88 bits per heavy atom. The third-order valence-corrected chi connectivity index (χ3v) is 4.10. The second-order valence-electron chi connectivity index (χ2n) is 5.30. The van der Waals surface area contributed by atoms with Crippen LogP contribution >= 0.6 is 15.9 Å². The van der Waals surface area contributed by atoms with Crippen molar-refractivity contribution in [2.45, 2.75) is 13.0 Å². The number of hydrogen-bond donors (Lipinski definition) is 1. The van der Waals surface area contributed by atoms with Crippen LogP contribution in [0.3, 0.4) is 0 Å². The van der Waals surface area contributed by atoms with Gasteiger partial charge in [0.1, 0.15) is 5.82 Å². The molecule has 0 unspecified atom stereocenters. The van der Waals surface area contributed by atoms with E-state index in [-0.39, 0.29) is 18.5 Å². The molecule has 0 saturated carbocycles. The minimum Gasteiger partial charge on any atom is -0.452 e. The Morgan fingerprint density at radius 1 is 1.20 bits per heavy atom. The highest BCUT2D eigenvalue weighted by Gasteiger charge is 2.13. The minimum absolute atomic E-state index is 0.225. The van der Waals surface area contributed by atoms with Crippen LogP contribution in [0.25, 0.3) is 6.08 Å². The molecule has 0 aliphatic rings. The molecule has 1 N–H and O–H groups in total. The van der Waals surface area contributed by atoms with E-state index in [1.807, 2.05) is 31.2 Å². The Balaban J connectivity index is 1.80. The zero-order chi connectivity index (χ0) is 18.2. The van der Waals surface area contributed by atoms with Crippen molar-refractivity contribution in [2.75, 3.05) is 6.61 Å². The largest absolute Gasteiger partial charge is 0.452 e. The van der Waals surface area contributed by atoms with Gasteiger partial charge >= 0.3 is 5.97 Å². The number of amides is 1. The average molecular weight is 406 g/mol. The summed E-state index contributed by atoms with van der Waals surface area (Å²) in [5.74, 6) is -1.39. The van der Waals surface area contributed by atoms with Gasteiger partial charge in [0.2, 0.25) is 0 Å². The number of carbonyl (C=O) groups is 2. The van der Waals surface area contributed by atoms with E-state index >= 15 is 0 Å². The predicted octanol–water partition coefficient (Wildman–Crippen LogP) is 4.02. The molecular weight excluding hydrogens is 389 g/mol. The summed E-state index contributed by atoms with van der Waals surface area (Å²) in [4.78, 5) is 23.5. The van der Waals surface area contributed by atoms with E-state index in [1.165, 1.54) is 36.4 Å². The van der Waals surface area contributed by atoms with Gasteiger partial charge in [-0.05, 0) is 42.3 Å². The Kier molecular flexibility index (Phi) is 6.89. The fraction of sp³-hybridized carbons (Fsp3) is 0.158. The maximum atomic E-state index is 12.8. The molecular formula is C19H17BrFNO3. The van der Waals surface area contributed by atoms with Crippen LogP contribution in [-0.4, -0.2) is 18.5 Å². The van der Waals surface area contributed by atoms with E-state index in [9.17, 15) is 14.0 Å². The van der Waals surface area contributed by atoms with E-state index in [4.69, 9.17) is 4.74 Å². The van der Waals surface area contributed by atoms with Gasteiger partial charge < -0.3 is 10.1 Å². The first-order valence-corrected chi connectivity index (χ1v) is 8.39. The first kappa shape index (κ1) is 18.9. The number of carbonyl (C=O) groups excluding carboxylic acids is 2. The van der Waals surface area contributed by atoms with Gasteiger partial charge in [0.05, 0.1) is 6.04 Å². The lowest BCUT2D eigenvalue weighted by Gasteiger charge is -2.15. The number of halogens is 2. The Bertz CT molecular complexity index is 774. The third-order valence-electron chi connectivity index (χ3n) is 3.38. The lowest BCUT2D eigenvalue weighted by molar-refractivity contribution is -0.144. The zero-order valence-corrected chi connectivity index (χ0v) is 15.1. The van der Waals surface area contributed by atoms with Crippen LogP contribution < -0.4 is 5.32 Å². The molecule has 2 aromatic rings. The SMILES string of the molecule is C[C@H](NC(=O)COC(=O)/C=C/c1ccc(F)cc1)c1ccccc1Br. The molecule has 0 fully saturated rings. The number of rotatable bonds is 6. The smallest absolute Gasteiger partial charge is 0.331 e. The predicted molar refractivity (Wildman–Crippen MR) is 97.1 cm³/mol. The van der Waals surface area contributed by atoms with Crippen LogP contribution in [0.5, 0.6) is 0 Å². The quantitative estimate of drug-likeness (QED) is 0.583. The molecule has 1 atom stereocenters. The number of hydrogen-bond acceptors (Lipinski definition) is 3. The topological polar surface area (TPSA) is 55.4 Å². The molecule has 25 heavy (non-hydrogen) atoms. The van der Waals surface area contributed by atoms with Gasteiger partial charge in [0, 0.05) is 10.5 Å². The van der Waals surface area contributed by atoms with Crippen molar-refractivity contribution in [3.8, 4) is 0 Å². The molecule has 0 aliphatic heterocycles. The summed E-state index contributed by atoms with van der Waals surface area (Å²) in [6, 6.07) is 13.0. The summed E-state index contributed by atoms with van der Waals surface area (Å²) in [6.07, 6.45) is 2.68. The van der Waals surface area contributed by atoms with Gasteiger partial charge in [0.15, 0.2) is 6.61 Å². The van der Waals surface area contributed by atoms with Gasteiger partial charge in [-0.1, -0.05) is 46.3 Å². The van der Waals surface area contributed by atoms with E-state index in [0.717, 1.165) is 10.0 Å². The molecule has 1 amide bonds. The molecule has 0 saturated heterocycles. The lowest BCUT2D eigenvalue weighted by Crippen LogP contribution is -2.31. The second-order valence-corrected chi connectivity index (χ2v) is 6.16. The second kappa shape index (κ2) is 9.13. The third kappa shape index (κ3) is 6.15. The molecule has 0 spiro atoms. The maximum absolute atomic E-state index is 12.8. The van der Waals surface area contributed by atoms with Crippen LogP contribution in [0.1, 0.15) is 24.1 Å². The molecule has 0 aliphatic carbocycles. The molecule has 0 heterocycles. The van der Waals surface area contributed by atoms with Crippen molar-refractivity contribution in [1.82, 2.24) is 5.32 Å². The fourth-order valence-corrected chi connectivity index (χ4v) is 2.74. The van der Waals surface area contributed by atoms with Crippen molar-refractivity contribution in [1.29, 1.82) is 0 Å². The zero-order valence-electron chi connectivity index (χ0n) is 13.5. The number of nitrogens with one attached hydrogen (secondary N) is 1. The van der Waals surface area contributed by atoms with Gasteiger partial charge in [-0.2, -0.15) is 0 Å². The molecule has 2 rings (SSSR count). The van der Waals surface area contributed by atoms with Crippen molar-refractivity contribution in [3.05, 3.63) is 76.0 Å². The molecule has 0 aromatic heterocycles. The van der Waals surface area contributed by atoms with Gasteiger partial charge in [-0.3, -0.25) is 4.79 Å². The first-order valence-electron chi connectivity index (χ1n) is 7.60. The molecule has 0 bridgehead atoms. The molecule has 6 heteroatoms. The van der Waals surface area contributed by atoms with E-state index in [0.29, 0.717) is 5.56 Å². The molecule has 0 radical (unpaired) electrons. The van der Waals surface area contributed by atoms with Gasteiger partial charge in [-0.25, -0.2) is 9.18 Å². The normalized spacial score (nSPS) is 12.0. The van der Waals surface area contributed by atoms with E-state index in [2.05, 4.69) is 21.2 Å². The van der Waals surface area contributed by atoms with E-state index in [1.54, 1.807) is 0 Å². The number of ether oxygens (including phenoxy) is 1. The highest BCUT2D eigenvalue weighted by molar-refractivity contribution is 9.10. The standard InChI is InChI=1S/C19H17BrFNO3/c1-13(16-4-2-3-5-17(16)20)22-18(23)12-25-19(24)11-8-14-6-9-15(21)10-7-14/h2-11,13H,12H2,1H3,(H,22,23)/b11-8+/t13-/m0/s1. The average Bonchev–Trinajstić information content (AvgIpc) is 2.59. The maximum Gasteiger partial charge on any atom is 0.331 e. The highest BCUT2D eigenvalue weighted by Crippen LogP contribution is 2.22. The van der Waals surface area contributed by atoms with Crippen LogP contribution in [0, 0.1) is 5.82 Å². The summed E-state index contributed by atoms with van der Waals surface area (Å²) in [5, 5.41) is 2.76. The Morgan fingerprint density at radius 3 is 2.56 bits per heavy atom. The van der Waals surface area contributed by atoms with Crippen molar-refractivity contribution in [2.24, 2.45) is 0 Å². The Labute approximate surface area is 153 Å². The van der Waals surface area contributed by atoms with E-state index < -0.39 is 11.9 Å². The van der Waals surface area contributed by atoms with Crippen LogP contribution in [-0.2, 0) is 14.3 Å². The van der Waals surface area contributed by atoms with Crippen molar-refractivity contribution in [3.63, 3.8) is 0 Å². The molecule has 130 valence electrons. The van der Waals surface area contributed by atoms with Crippen LogP contribution in [0.15, 0.2) is 59.1 Å². The summed E-state index contributed by atoms with van der Waals surface area (Å²) in [5.41, 5.74) is 1.59. The Hall–Kier alpha value is -2.47. The fourth-order valence-electron chi connectivity index (χ4n) is 2.11. The van der Waals surface area contributed by atoms with Gasteiger partial charge in [0.25, 0.3) is 5.91 Å². The molecule has 4 nitrogen and oxygen atoms in total.